The van der Waals surface area contributed by atoms with Gasteiger partial charge < -0.3 is 15.3 Å². The van der Waals surface area contributed by atoms with Crippen molar-refractivity contribution in [3.05, 3.63) is 23.9 Å². The van der Waals surface area contributed by atoms with E-state index in [0.29, 0.717) is 24.5 Å². The van der Waals surface area contributed by atoms with Crippen molar-refractivity contribution in [3.8, 4) is 0 Å². The molecular weight excluding hydrogens is 254 g/mol. The standard InChI is InChI=1S/C15H25N3O2/c1-6-18(10-15(4,5)20)14(19)12-8-7-9-16-13(12)17-11(2)3/h7-9,11,20H,6,10H2,1-5H3,(H,16,17). The van der Waals surface area contributed by atoms with Gasteiger partial charge in [-0.3, -0.25) is 4.79 Å². The van der Waals surface area contributed by atoms with Gasteiger partial charge in [-0.25, -0.2) is 4.98 Å². The van der Waals surface area contributed by atoms with Gasteiger partial charge in [0.15, 0.2) is 0 Å². The number of likely N-dealkylation sites (N-methyl/N-ethyl adjacent to an activating group) is 1. The van der Waals surface area contributed by atoms with Gasteiger partial charge >= 0.3 is 0 Å². The molecule has 0 radical (unpaired) electrons. The molecule has 1 rings (SSSR count). The molecular formula is C15H25N3O2. The van der Waals surface area contributed by atoms with Gasteiger partial charge in [0, 0.05) is 25.3 Å². The first-order valence-corrected chi connectivity index (χ1v) is 6.97. The first kappa shape index (κ1) is 16.4. The molecule has 5 heteroatoms. The third-order valence-electron chi connectivity index (χ3n) is 2.71. The molecule has 0 fully saturated rings. The molecule has 20 heavy (non-hydrogen) atoms. The van der Waals surface area contributed by atoms with Crippen LogP contribution in [-0.2, 0) is 0 Å². The van der Waals surface area contributed by atoms with E-state index in [-0.39, 0.29) is 11.9 Å². The minimum Gasteiger partial charge on any atom is -0.389 e. The molecule has 0 aliphatic rings. The van der Waals surface area contributed by atoms with Gasteiger partial charge in [0.25, 0.3) is 5.91 Å². The monoisotopic (exact) mass is 279 g/mol. The molecule has 0 saturated heterocycles. The Bertz CT molecular complexity index is 453. The number of pyridine rings is 1. The van der Waals surface area contributed by atoms with E-state index in [1.165, 1.54) is 0 Å². The van der Waals surface area contributed by atoms with Crippen molar-refractivity contribution in [3.63, 3.8) is 0 Å². The van der Waals surface area contributed by atoms with Crippen LogP contribution in [0.1, 0.15) is 45.0 Å². The number of rotatable bonds is 6. The van der Waals surface area contributed by atoms with Gasteiger partial charge in [-0.1, -0.05) is 0 Å². The van der Waals surface area contributed by atoms with Gasteiger partial charge in [-0.15, -0.1) is 0 Å². The second-order valence-electron chi connectivity index (χ2n) is 5.83. The number of aromatic nitrogens is 1. The smallest absolute Gasteiger partial charge is 0.257 e. The molecule has 0 bridgehead atoms. The molecule has 0 aromatic carbocycles. The molecule has 1 aromatic rings. The summed E-state index contributed by atoms with van der Waals surface area (Å²) in [6.45, 7) is 10.1. The molecule has 0 spiro atoms. The number of hydrogen-bond acceptors (Lipinski definition) is 4. The molecule has 1 aromatic heterocycles. The molecule has 0 atom stereocenters. The van der Waals surface area contributed by atoms with Crippen molar-refractivity contribution in [2.75, 3.05) is 18.4 Å². The third-order valence-corrected chi connectivity index (χ3v) is 2.71. The van der Waals surface area contributed by atoms with E-state index >= 15 is 0 Å². The van der Waals surface area contributed by atoms with Crippen molar-refractivity contribution in [1.29, 1.82) is 0 Å². The SMILES string of the molecule is CCN(CC(C)(C)O)C(=O)c1cccnc1NC(C)C. The maximum Gasteiger partial charge on any atom is 0.257 e. The second kappa shape index (κ2) is 6.70. The lowest BCUT2D eigenvalue weighted by atomic mass is 10.1. The lowest BCUT2D eigenvalue weighted by molar-refractivity contribution is 0.0315. The fourth-order valence-electron chi connectivity index (χ4n) is 1.93. The molecule has 1 amide bonds. The molecule has 0 saturated carbocycles. The number of hydrogen-bond donors (Lipinski definition) is 2. The van der Waals surface area contributed by atoms with Gasteiger partial charge in [0.05, 0.1) is 11.2 Å². The number of nitrogens with one attached hydrogen (secondary N) is 1. The number of carbonyl (C=O) groups excluding carboxylic acids is 1. The largest absolute Gasteiger partial charge is 0.389 e. The van der Waals surface area contributed by atoms with Crippen molar-refractivity contribution in [2.24, 2.45) is 0 Å². The predicted molar refractivity (Wildman–Crippen MR) is 80.9 cm³/mol. The molecule has 0 aliphatic heterocycles. The summed E-state index contributed by atoms with van der Waals surface area (Å²) >= 11 is 0. The normalized spacial score (nSPS) is 11.6. The minimum atomic E-state index is -0.917. The van der Waals surface area contributed by atoms with Crippen molar-refractivity contribution < 1.29 is 9.90 Å². The van der Waals surface area contributed by atoms with Gasteiger partial charge in [-0.2, -0.15) is 0 Å². The molecule has 1 heterocycles. The lowest BCUT2D eigenvalue weighted by Crippen LogP contribution is -2.42. The summed E-state index contributed by atoms with van der Waals surface area (Å²) in [4.78, 5) is 18.5. The molecule has 0 unspecified atom stereocenters. The topological polar surface area (TPSA) is 65.5 Å². The summed E-state index contributed by atoms with van der Waals surface area (Å²) < 4.78 is 0. The number of amides is 1. The van der Waals surface area contributed by atoms with Crippen LogP contribution in [0, 0.1) is 0 Å². The Morgan fingerprint density at radius 3 is 2.65 bits per heavy atom. The maximum atomic E-state index is 12.6. The van der Waals surface area contributed by atoms with Crippen LogP contribution in [0.25, 0.3) is 0 Å². The van der Waals surface area contributed by atoms with Crippen LogP contribution in [0.4, 0.5) is 5.82 Å². The van der Waals surface area contributed by atoms with Gasteiger partial charge in [-0.05, 0) is 46.8 Å². The maximum absolute atomic E-state index is 12.6. The quantitative estimate of drug-likeness (QED) is 0.837. The first-order valence-electron chi connectivity index (χ1n) is 6.97. The highest BCUT2D eigenvalue weighted by atomic mass is 16.3. The van der Waals surface area contributed by atoms with Crippen LogP contribution in [-0.4, -0.2) is 45.6 Å². The van der Waals surface area contributed by atoms with Crippen molar-refractivity contribution in [1.82, 2.24) is 9.88 Å². The van der Waals surface area contributed by atoms with E-state index in [2.05, 4.69) is 10.3 Å². The van der Waals surface area contributed by atoms with Crippen LogP contribution in [0.3, 0.4) is 0 Å². The fourth-order valence-corrected chi connectivity index (χ4v) is 1.93. The molecule has 5 nitrogen and oxygen atoms in total. The van der Waals surface area contributed by atoms with E-state index in [9.17, 15) is 9.90 Å². The third kappa shape index (κ3) is 4.81. The zero-order valence-electron chi connectivity index (χ0n) is 13.0. The van der Waals surface area contributed by atoms with Crippen LogP contribution in [0.15, 0.2) is 18.3 Å². The Hall–Kier alpha value is -1.62. The highest BCUT2D eigenvalue weighted by molar-refractivity contribution is 5.98. The summed E-state index contributed by atoms with van der Waals surface area (Å²) in [6.07, 6.45) is 1.66. The van der Waals surface area contributed by atoms with E-state index in [4.69, 9.17) is 0 Å². The van der Waals surface area contributed by atoms with E-state index in [1.807, 2.05) is 20.8 Å². The number of aliphatic hydroxyl groups is 1. The predicted octanol–water partition coefficient (Wildman–Crippen LogP) is 2.13. The summed E-state index contributed by atoms with van der Waals surface area (Å²) in [6, 6.07) is 3.70. The number of anilines is 1. The summed E-state index contributed by atoms with van der Waals surface area (Å²) in [5.41, 5.74) is -0.383. The zero-order chi connectivity index (χ0) is 15.3. The average molecular weight is 279 g/mol. The summed E-state index contributed by atoms with van der Waals surface area (Å²) in [5, 5.41) is 13.1. The Morgan fingerprint density at radius 1 is 1.50 bits per heavy atom. The van der Waals surface area contributed by atoms with Crippen molar-refractivity contribution in [2.45, 2.75) is 46.3 Å². The zero-order valence-corrected chi connectivity index (χ0v) is 13.0. The Balaban J connectivity index is 3.00. The molecule has 0 aliphatic carbocycles. The Kier molecular flexibility index (Phi) is 5.51. The average Bonchev–Trinajstić information content (AvgIpc) is 2.34. The van der Waals surface area contributed by atoms with Crippen LogP contribution < -0.4 is 5.32 Å². The Labute approximate surface area is 121 Å². The van der Waals surface area contributed by atoms with Gasteiger partial charge in [0.2, 0.25) is 0 Å². The second-order valence-corrected chi connectivity index (χ2v) is 5.83. The van der Waals surface area contributed by atoms with E-state index in [0.717, 1.165) is 0 Å². The van der Waals surface area contributed by atoms with E-state index in [1.54, 1.807) is 37.1 Å². The van der Waals surface area contributed by atoms with Gasteiger partial charge in [0.1, 0.15) is 5.82 Å². The van der Waals surface area contributed by atoms with Crippen molar-refractivity contribution >= 4 is 11.7 Å². The molecule has 2 N–H and O–H groups in total. The number of nitrogens with zero attached hydrogens (tertiary/aromatic N) is 2. The highest BCUT2D eigenvalue weighted by Gasteiger charge is 2.24. The summed E-state index contributed by atoms with van der Waals surface area (Å²) in [5.74, 6) is 0.465. The lowest BCUT2D eigenvalue weighted by Gasteiger charge is -2.28. The Morgan fingerprint density at radius 2 is 2.15 bits per heavy atom. The van der Waals surface area contributed by atoms with E-state index < -0.39 is 5.60 Å². The van der Waals surface area contributed by atoms with Crippen LogP contribution >= 0.6 is 0 Å². The number of carbonyl (C=O) groups is 1. The summed E-state index contributed by atoms with van der Waals surface area (Å²) in [7, 11) is 0. The fraction of sp³-hybridized carbons (Fsp3) is 0.600. The van der Waals surface area contributed by atoms with Crippen LogP contribution in [0.5, 0.6) is 0 Å². The highest BCUT2D eigenvalue weighted by Crippen LogP contribution is 2.17. The first-order chi connectivity index (χ1) is 9.24. The van der Waals surface area contributed by atoms with Crippen LogP contribution in [0.2, 0.25) is 0 Å². The minimum absolute atomic E-state index is 0.120. The molecule has 112 valence electrons.